The SMILES string of the molecule is Cc1cc(F)c2c(c1)SC=C=N2. The van der Waals surface area contributed by atoms with Gasteiger partial charge in [-0.1, -0.05) is 11.8 Å². The third kappa shape index (κ3) is 1.17. The normalized spacial score (nSPS) is 13.2. The molecule has 0 aliphatic carbocycles. The van der Waals surface area contributed by atoms with E-state index < -0.39 is 0 Å². The van der Waals surface area contributed by atoms with Crippen LogP contribution in [-0.2, 0) is 0 Å². The zero-order valence-corrected chi connectivity index (χ0v) is 7.28. The molecule has 60 valence electrons. The summed E-state index contributed by atoms with van der Waals surface area (Å²) >= 11 is 1.45. The Kier molecular flexibility index (Phi) is 1.75. The van der Waals surface area contributed by atoms with Crippen molar-refractivity contribution in [1.29, 1.82) is 0 Å². The second-order valence-electron chi connectivity index (χ2n) is 2.57. The number of aliphatic imine (C=N–C) groups is 1. The van der Waals surface area contributed by atoms with E-state index in [9.17, 15) is 4.39 Å². The minimum Gasteiger partial charge on any atom is -0.205 e. The zero-order chi connectivity index (χ0) is 8.55. The Bertz CT molecular complexity index is 392. The minimum atomic E-state index is -0.266. The number of fused-ring (bicyclic) bond motifs is 1. The van der Waals surface area contributed by atoms with Crippen molar-refractivity contribution in [1.82, 2.24) is 0 Å². The molecule has 1 nitrogen and oxygen atoms in total. The molecule has 1 aromatic carbocycles. The summed E-state index contributed by atoms with van der Waals surface area (Å²) in [5.74, 6) is 2.36. The van der Waals surface area contributed by atoms with Crippen LogP contribution < -0.4 is 0 Å². The Balaban J connectivity index is 2.69. The van der Waals surface area contributed by atoms with E-state index in [0.717, 1.165) is 10.5 Å². The maximum atomic E-state index is 13.2. The van der Waals surface area contributed by atoms with Crippen molar-refractivity contribution in [3.63, 3.8) is 0 Å². The van der Waals surface area contributed by atoms with Crippen LogP contribution >= 0.6 is 11.8 Å². The van der Waals surface area contributed by atoms with Crippen molar-refractivity contribution < 1.29 is 4.39 Å². The van der Waals surface area contributed by atoms with Crippen LogP contribution in [0.1, 0.15) is 5.56 Å². The average Bonchev–Trinajstić information content (AvgIpc) is 2.04. The first-order chi connectivity index (χ1) is 5.77. The smallest absolute Gasteiger partial charge is 0.151 e. The van der Waals surface area contributed by atoms with Gasteiger partial charge >= 0.3 is 0 Å². The number of thioether (sulfide) groups is 1. The summed E-state index contributed by atoms with van der Waals surface area (Å²) in [5, 5.41) is 1.72. The molecule has 0 aromatic heterocycles. The van der Waals surface area contributed by atoms with Crippen molar-refractivity contribution in [3.8, 4) is 0 Å². The first-order valence-corrected chi connectivity index (χ1v) is 4.40. The summed E-state index contributed by atoms with van der Waals surface area (Å²) in [6, 6.07) is 3.40. The third-order valence-electron chi connectivity index (χ3n) is 1.59. The summed E-state index contributed by atoms with van der Waals surface area (Å²) in [4.78, 5) is 4.70. The van der Waals surface area contributed by atoms with Gasteiger partial charge in [-0.15, -0.1) is 0 Å². The molecule has 0 fully saturated rings. The second-order valence-corrected chi connectivity index (χ2v) is 3.48. The van der Waals surface area contributed by atoms with Gasteiger partial charge in [0, 0.05) is 10.3 Å². The van der Waals surface area contributed by atoms with Crippen molar-refractivity contribution in [2.75, 3.05) is 0 Å². The summed E-state index contributed by atoms with van der Waals surface area (Å²) in [6.07, 6.45) is 0. The third-order valence-corrected chi connectivity index (χ3v) is 2.38. The fraction of sp³-hybridized carbons (Fsp3) is 0.111. The van der Waals surface area contributed by atoms with Gasteiger partial charge in [-0.3, -0.25) is 0 Å². The highest BCUT2D eigenvalue weighted by atomic mass is 32.2. The monoisotopic (exact) mass is 179 g/mol. The Labute approximate surface area is 74.0 Å². The van der Waals surface area contributed by atoms with Gasteiger partial charge in [0.1, 0.15) is 5.69 Å². The summed E-state index contributed by atoms with van der Waals surface area (Å²) < 4.78 is 13.2. The predicted octanol–water partition coefficient (Wildman–Crippen LogP) is 3.05. The lowest BCUT2D eigenvalue weighted by atomic mass is 10.2. The molecule has 1 aliphatic rings. The van der Waals surface area contributed by atoms with Crippen LogP contribution in [0.15, 0.2) is 27.4 Å². The molecule has 0 amide bonds. The Morgan fingerprint density at radius 2 is 2.33 bits per heavy atom. The highest BCUT2D eigenvalue weighted by Gasteiger charge is 2.09. The number of benzene rings is 1. The molecule has 0 N–H and O–H groups in total. The lowest BCUT2D eigenvalue weighted by Crippen LogP contribution is -1.85. The average molecular weight is 179 g/mol. The zero-order valence-electron chi connectivity index (χ0n) is 6.47. The van der Waals surface area contributed by atoms with E-state index in [1.165, 1.54) is 17.8 Å². The van der Waals surface area contributed by atoms with E-state index in [-0.39, 0.29) is 5.82 Å². The molecule has 0 radical (unpaired) electrons. The number of rotatable bonds is 0. The number of aryl methyl sites for hydroxylation is 1. The topological polar surface area (TPSA) is 12.4 Å². The first-order valence-electron chi connectivity index (χ1n) is 3.52. The van der Waals surface area contributed by atoms with Gasteiger partial charge in [0.05, 0.1) is 0 Å². The van der Waals surface area contributed by atoms with Crippen molar-refractivity contribution >= 4 is 23.3 Å². The molecule has 0 bridgehead atoms. The molecule has 0 spiro atoms. The van der Waals surface area contributed by atoms with E-state index in [0.29, 0.717) is 5.69 Å². The lowest BCUT2D eigenvalue weighted by Gasteiger charge is -2.06. The van der Waals surface area contributed by atoms with Crippen LogP contribution in [0.4, 0.5) is 10.1 Å². The minimum absolute atomic E-state index is 0.266. The Morgan fingerprint density at radius 1 is 1.50 bits per heavy atom. The lowest BCUT2D eigenvalue weighted by molar-refractivity contribution is 0.625. The standard InChI is InChI=1S/C9H6FNS/c1-6-4-7(10)9-8(5-6)12-3-2-11-9/h3-5H,1H3. The molecule has 0 saturated heterocycles. The van der Waals surface area contributed by atoms with Crippen LogP contribution in [0.2, 0.25) is 0 Å². The van der Waals surface area contributed by atoms with E-state index >= 15 is 0 Å². The quantitative estimate of drug-likeness (QED) is 0.596. The number of nitrogens with zero attached hydrogens (tertiary/aromatic N) is 1. The predicted molar refractivity (Wildman–Crippen MR) is 48.7 cm³/mol. The molecule has 12 heavy (non-hydrogen) atoms. The van der Waals surface area contributed by atoms with Crippen LogP contribution in [0.3, 0.4) is 0 Å². The van der Waals surface area contributed by atoms with E-state index in [4.69, 9.17) is 0 Å². The first kappa shape index (κ1) is 7.59. The molecule has 2 rings (SSSR count). The maximum Gasteiger partial charge on any atom is 0.151 e. The molecule has 1 aromatic rings. The number of hydrogen-bond donors (Lipinski definition) is 0. The fourth-order valence-electron chi connectivity index (χ4n) is 1.08. The maximum absolute atomic E-state index is 13.2. The Morgan fingerprint density at radius 3 is 3.17 bits per heavy atom. The molecule has 1 aliphatic heterocycles. The van der Waals surface area contributed by atoms with Gasteiger partial charge in [-0.25, -0.2) is 9.38 Å². The summed E-state index contributed by atoms with van der Waals surface area (Å²) in [5.41, 5.74) is 1.33. The molecular weight excluding hydrogens is 173 g/mol. The number of hydrogen-bond acceptors (Lipinski definition) is 2. The highest BCUT2D eigenvalue weighted by molar-refractivity contribution is 8.02. The van der Waals surface area contributed by atoms with E-state index in [2.05, 4.69) is 10.9 Å². The van der Waals surface area contributed by atoms with Crippen LogP contribution in [0.25, 0.3) is 0 Å². The van der Waals surface area contributed by atoms with Gasteiger partial charge < -0.3 is 0 Å². The molecule has 3 heteroatoms. The van der Waals surface area contributed by atoms with Gasteiger partial charge in [0.25, 0.3) is 0 Å². The molecular formula is C9H6FNS. The van der Waals surface area contributed by atoms with Gasteiger partial charge in [-0.05, 0) is 30.5 Å². The Hall–Kier alpha value is -1.05. The van der Waals surface area contributed by atoms with Crippen LogP contribution in [0, 0.1) is 12.7 Å². The largest absolute Gasteiger partial charge is 0.205 e. The molecule has 0 atom stereocenters. The van der Waals surface area contributed by atoms with Gasteiger partial charge in [-0.2, -0.15) is 0 Å². The van der Waals surface area contributed by atoms with E-state index in [1.807, 2.05) is 13.0 Å². The summed E-state index contributed by atoms with van der Waals surface area (Å²) in [7, 11) is 0. The van der Waals surface area contributed by atoms with Crippen molar-refractivity contribution in [3.05, 3.63) is 28.9 Å². The molecule has 0 unspecified atom stereocenters. The number of halogens is 1. The second kappa shape index (κ2) is 2.77. The van der Waals surface area contributed by atoms with Gasteiger partial charge in [0.15, 0.2) is 5.82 Å². The van der Waals surface area contributed by atoms with Gasteiger partial charge in [0.2, 0.25) is 0 Å². The molecule has 1 heterocycles. The van der Waals surface area contributed by atoms with Crippen molar-refractivity contribution in [2.45, 2.75) is 11.8 Å². The fourth-order valence-corrected chi connectivity index (χ4v) is 1.82. The highest BCUT2D eigenvalue weighted by Crippen LogP contribution is 2.35. The molecule has 0 saturated carbocycles. The van der Waals surface area contributed by atoms with E-state index in [1.54, 1.807) is 5.41 Å². The van der Waals surface area contributed by atoms with Crippen molar-refractivity contribution in [2.24, 2.45) is 4.99 Å². The van der Waals surface area contributed by atoms with Crippen LogP contribution in [-0.4, -0.2) is 5.87 Å². The summed E-state index contributed by atoms with van der Waals surface area (Å²) in [6.45, 7) is 1.87. The van der Waals surface area contributed by atoms with Crippen LogP contribution in [0.5, 0.6) is 0 Å².